The molecule has 3 rings (SSSR count). The molecule has 19 heavy (non-hydrogen) atoms. The monoisotopic (exact) mass is 264 g/mol. The summed E-state index contributed by atoms with van der Waals surface area (Å²) in [4.78, 5) is 2.94. The number of likely N-dealkylation sites (N-methyl/N-ethyl adjacent to an activating group) is 1. The summed E-state index contributed by atoms with van der Waals surface area (Å²) in [6.45, 7) is 7.20. The van der Waals surface area contributed by atoms with E-state index in [1.165, 1.54) is 57.9 Å². The number of rotatable bonds is 7. The van der Waals surface area contributed by atoms with Crippen LogP contribution < -0.4 is 5.32 Å². The Labute approximate surface area is 119 Å². The smallest absolute Gasteiger partial charge is 0.0255 e. The van der Waals surface area contributed by atoms with Gasteiger partial charge in [-0.05, 0) is 63.3 Å². The van der Waals surface area contributed by atoms with E-state index in [1.54, 1.807) is 0 Å². The van der Waals surface area contributed by atoms with Crippen molar-refractivity contribution in [3.05, 3.63) is 0 Å². The predicted octanol–water partition coefficient (Wildman–Crippen LogP) is 3.42. The highest BCUT2D eigenvalue weighted by Crippen LogP contribution is 2.40. The predicted molar refractivity (Wildman–Crippen MR) is 81.3 cm³/mol. The minimum Gasteiger partial charge on any atom is -0.313 e. The lowest BCUT2D eigenvalue weighted by Crippen LogP contribution is -2.54. The van der Waals surface area contributed by atoms with Gasteiger partial charge in [-0.2, -0.15) is 0 Å². The molecule has 0 aromatic carbocycles. The van der Waals surface area contributed by atoms with Crippen LogP contribution >= 0.6 is 0 Å². The van der Waals surface area contributed by atoms with Crippen molar-refractivity contribution in [2.24, 2.45) is 11.8 Å². The Hall–Kier alpha value is -0.0800. The van der Waals surface area contributed by atoms with E-state index in [1.807, 2.05) is 0 Å². The van der Waals surface area contributed by atoms with E-state index < -0.39 is 0 Å². The zero-order valence-electron chi connectivity index (χ0n) is 12.9. The summed E-state index contributed by atoms with van der Waals surface area (Å²) in [6.07, 6.45) is 11.6. The van der Waals surface area contributed by atoms with Gasteiger partial charge in [0.15, 0.2) is 0 Å². The van der Waals surface area contributed by atoms with Crippen LogP contribution in [0.1, 0.15) is 65.2 Å². The summed E-state index contributed by atoms with van der Waals surface area (Å²) in [5.74, 6) is 2.03. The molecule has 0 spiro atoms. The molecule has 3 saturated carbocycles. The minimum absolute atomic E-state index is 0.771. The topological polar surface area (TPSA) is 15.3 Å². The lowest BCUT2D eigenvalue weighted by molar-refractivity contribution is 0.0848. The van der Waals surface area contributed by atoms with Crippen LogP contribution in [0.15, 0.2) is 0 Å². The van der Waals surface area contributed by atoms with Gasteiger partial charge in [0.1, 0.15) is 0 Å². The van der Waals surface area contributed by atoms with Crippen LogP contribution in [-0.2, 0) is 0 Å². The Kier molecular flexibility index (Phi) is 4.48. The fourth-order valence-electron chi connectivity index (χ4n) is 4.03. The van der Waals surface area contributed by atoms with Crippen LogP contribution in [0.4, 0.5) is 0 Å². The Morgan fingerprint density at radius 2 is 1.68 bits per heavy atom. The molecule has 110 valence electrons. The molecule has 1 N–H and O–H groups in total. The normalized spacial score (nSPS) is 35.8. The van der Waals surface area contributed by atoms with Crippen molar-refractivity contribution in [1.82, 2.24) is 10.2 Å². The lowest BCUT2D eigenvalue weighted by Gasteiger charge is -2.43. The number of nitrogens with zero attached hydrogens (tertiary/aromatic N) is 1. The molecule has 2 nitrogen and oxygen atoms in total. The highest BCUT2D eigenvalue weighted by molar-refractivity contribution is 4.98. The fraction of sp³-hybridized carbons (Fsp3) is 1.00. The molecule has 3 aliphatic carbocycles. The van der Waals surface area contributed by atoms with Crippen LogP contribution in [0.2, 0.25) is 0 Å². The molecule has 3 fully saturated rings. The van der Waals surface area contributed by atoms with Gasteiger partial charge in [0.2, 0.25) is 0 Å². The standard InChI is InChI=1S/C17H32N2/c1-3-13-7-10-16(18-4-2)17(11-13)19(15-8-9-15)12-14-5-6-14/h13-18H,3-12H2,1-2H3. The maximum absolute atomic E-state index is 3.79. The second-order valence-electron chi connectivity index (χ2n) is 7.19. The van der Waals surface area contributed by atoms with Crippen molar-refractivity contribution in [3.63, 3.8) is 0 Å². The van der Waals surface area contributed by atoms with Crippen LogP contribution in [0, 0.1) is 11.8 Å². The molecule has 3 unspecified atom stereocenters. The van der Waals surface area contributed by atoms with Gasteiger partial charge in [0.05, 0.1) is 0 Å². The van der Waals surface area contributed by atoms with Crippen LogP contribution in [-0.4, -0.2) is 36.1 Å². The van der Waals surface area contributed by atoms with Crippen molar-refractivity contribution in [2.75, 3.05) is 13.1 Å². The van der Waals surface area contributed by atoms with Gasteiger partial charge < -0.3 is 5.32 Å². The zero-order valence-corrected chi connectivity index (χ0v) is 12.9. The summed E-state index contributed by atoms with van der Waals surface area (Å²) >= 11 is 0. The lowest BCUT2D eigenvalue weighted by atomic mass is 9.80. The molecule has 3 atom stereocenters. The highest BCUT2D eigenvalue weighted by atomic mass is 15.2. The molecule has 0 bridgehead atoms. The molecular formula is C17H32N2. The van der Waals surface area contributed by atoms with E-state index >= 15 is 0 Å². The fourth-order valence-corrected chi connectivity index (χ4v) is 4.03. The maximum Gasteiger partial charge on any atom is 0.0255 e. The van der Waals surface area contributed by atoms with Gasteiger partial charge in [0, 0.05) is 24.7 Å². The Bertz CT molecular complexity index is 283. The van der Waals surface area contributed by atoms with Gasteiger partial charge in [0.25, 0.3) is 0 Å². The average Bonchev–Trinajstić information content (AvgIpc) is 3.29. The molecule has 0 heterocycles. The number of nitrogens with one attached hydrogen (secondary N) is 1. The first-order chi connectivity index (χ1) is 9.31. The highest BCUT2D eigenvalue weighted by Gasteiger charge is 2.42. The van der Waals surface area contributed by atoms with E-state index in [9.17, 15) is 0 Å². The van der Waals surface area contributed by atoms with Gasteiger partial charge in [-0.15, -0.1) is 0 Å². The van der Waals surface area contributed by atoms with E-state index in [0.717, 1.165) is 36.5 Å². The van der Waals surface area contributed by atoms with Crippen molar-refractivity contribution in [1.29, 1.82) is 0 Å². The van der Waals surface area contributed by atoms with Gasteiger partial charge in [-0.3, -0.25) is 4.90 Å². The molecule has 0 aromatic heterocycles. The molecule has 0 amide bonds. The van der Waals surface area contributed by atoms with E-state index in [0.29, 0.717) is 0 Å². The van der Waals surface area contributed by atoms with Gasteiger partial charge >= 0.3 is 0 Å². The third-order valence-electron chi connectivity index (χ3n) is 5.58. The second kappa shape index (κ2) is 6.13. The van der Waals surface area contributed by atoms with Crippen molar-refractivity contribution in [2.45, 2.75) is 83.3 Å². The molecule has 0 saturated heterocycles. The van der Waals surface area contributed by atoms with Gasteiger partial charge in [-0.25, -0.2) is 0 Å². The van der Waals surface area contributed by atoms with E-state index in [2.05, 4.69) is 24.1 Å². The summed E-state index contributed by atoms with van der Waals surface area (Å²) in [5.41, 5.74) is 0. The Morgan fingerprint density at radius 3 is 2.26 bits per heavy atom. The molecule has 0 aromatic rings. The van der Waals surface area contributed by atoms with Crippen LogP contribution in [0.25, 0.3) is 0 Å². The van der Waals surface area contributed by atoms with E-state index in [-0.39, 0.29) is 0 Å². The van der Waals surface area contributed by atoms with Crippen molar-refractivity contribution >= 4 is 0 Å². The number of hydrogen-bond acceptors (Lipinski definition) is 2. The maximum atomic E-state index is 3.79. The molecular weight excluding hydrogens is 232 g/mol. The molecule has 3 aliphatic rings. The third-order valence-corrected chi connectivity index (χ3v) is 5.58. The van der Waals surface area contributed by atoms with Crippen LogP contribution in [0.5, 0.6) is 0 Å². The Balaban J connectivity index is 1.66. The average molecular weight is 264 g/mol. The van der Waals surface area contributed by atoms with Gasteiger partial charge in [-0.1, -0.05) is 20.3 Å². The first-order valence-corrected chi connectivity index (χ1v) is 8.80. The zero-order chi connectivity index (χ0) is 13.2. The number of hydrogen-bond donors (Lipinski definition) is 1. The first kappa shape index (κ1) is 13.9. The first-order valence-electron chi connectivity index (χ1n) is 8.80. The van der Waals surface area contributed by atoms with E-state index in [4.69, 9.17) is 0 Å². The molecule has 0 radical (unpaired) electrons. The van der Waals surface area contributed by atoms with Crippen molar-refractivity contribution in [3.8, 4) is 0 Å². The van der Waals surface area contributed by atoms with Crippen molar-refractivity contribution < 1.29 is 0 Å². The minimum atomic E-state index is 0.771. The quantitative estimate of drug-likeness (QED) is 0.758. The molecule has 0 aliphatic heterocycles. The third kappa shape index (κ3) is 3.52. The summed E-state index contributed by atoms with van der Waals surface area (Å²) < 4.78 is 0. The van der Waals surface area contributed by atoms with Crippen LogP contribution in [0.3, 0.4) is 0 Å². The summed E-state index contributed by atoms with van der Waals surface area (Å²) in [5, 5.41) is 3.79. The SMILES string of the molecule is CCNC1CCC(CC)CC1N(CC1CC1)C1CC1. The summed E-state index contributed by atoms with van der Waals surface area (Å²) in [7, 11) is 0. The summed E-state index contributed by atoms with van der Waals surface area (Å²) in [6, 6.07) is 2.56. The second-order valence-corrected chi connectivity index (χ2v) is 7.19. The molecule has 2 heteroatoms. The largest absolute Gasteiger partial charge is 0.313 e. The Morgan fingerprint density at radius 1 is 0.947 bits per heavy atom.